The highest BCUT2D eigenvalue weighted by atomic mass is 19.1. The summed E-state index contributed by atoms with van der Waals surface area (Å²) in [5, 5.41) is 2.30. The highest BCUT2D eigenvalue weighted by molar-refractivity contribution is 5.16. The molecule has 2 rings (SSSR count). The number of halogens is 1. The molecule has 1 fully saturated rings. The number of hydrogen-bond donors (Lipinski definition) is 1. The van der Waals surface area contributed by atoms with Gasteiger partial charge in [-0.05, 0) is 37.0 Å². The molecule has 0 radical (unpaired) electrons. The molecular weight excluding hydrogens is 203 g/mol. The third kappa shape index (κ3) is 3.58. The molecule has 1 aliphatic rings. The lowest BCUT2D eigenvalue weighted by Crippen LogP contribution is -2.42. The van der Waals surface area contributed by atoms with Crippen LogP contribution < -0.4 is 5.43 Å². The van der Waals surface area contributed by atoms with Gasteiger partial charge in [-0.15, -0.1) is 0 Å². The van der Waals surface area contributed by atoms with Crippen molar-refractivity contribution in [2.75, 3.05) is 19.6 Å². The fourth-order valence-electron chi connectivity index (χ4n) is 2.06. The molecule has 1 heterocycles. The van der Waals surface area contributed by atoms with E-state index in [9.17, 15) is 4.39 Å². The van der Waals surface area contributed by atoms with Crippen LogP contribution in [-0.2, 0) is 6.42 Å². The number of hydrazine groups is 1. The van der Waals surface area contributed by atoms with Crippen LogP contribution in [0.25, 0.3) is 0 Å². The van der Waals surface area contributed by atoms with Gasteiger partial charge >= 0.3 is 0 Å². The number of piperidine rings is 1. The monoisotopic (exact) mass is 222 g/mol. The van der Waals surface area contributed by atoms with Crippen LogP contribution in [0.3, 0.4) is 0 Å². The van der Waals surface area contributed by atoms with E-state index in [-0.39, 0.29) is 5.82 Å². The standard InChI is InChI=1S/C13H19FN2/c14-13-6-4-12(5-7-13)8-9-15-16-10-2-1-3-11-16/h4-7,15H,1-3,8-11H2. The summed E-state index contributed by atoms with van der Waals surface area (Å²) in [4.78, 5) is 0. The predicted octanol–water partition coefficient (Wildman–Crippen LogP) is 2.36. The Morgan fingerprint density at radius 1 is 1.06 bits per heavy atom. The van der Waals surface area contributed by atoms with Gasteiger partial charge in [-0.3, -0.25) is 5.43 Å². The Morgan fingerprint density at radius 3 is 2.44 bits per heavy atom. The van der Waals surface area contributed by atoms with Crippen molar-refractivity contribution in [2.24, 2.45) is 0 Å². The van der Waals surface area contributed by atoms with Crippen molar-refractivity contribution in [1.29, 1.82) is 0 Å². The van der Waals surface area contributed by atoms with Crippen molar-refractivity contribution >= 4 is 0 Å². The Morgan fingerprint density at radius 2 is 1.75 bits per heavy atom. The molecule has 2 nitrogen and oxygen atoms in total. The molecule has 0 spiro atoms. The fourth-order valence-corrected chi connectivity index (χ4v) is 2.06. The lowest BCUT2D eigenvalue weighted by atomic mass is 10.1. The Balaban J connectivity index is 1.69. The second kappa shape index (κ2) is 5.97. The maximum absolute atomic E-state index is 12.7. The highest BCUT2D eigenvalue weighted by Crippen LogP contribution is 2.06. The number of benzene rings is 1. The average molecular weight is 222 g/mol. The number of rotatable bonds is 4. The second-order valence-electron chi connectivity index (χ2n) is 4.33. The van der Waals surface area contributed by atoms with Crippen LogP contribution in [0.15, 0.2) is 24.3 Å². The molecular formula is C13H19FN2. The third-order valence-electron chi connectivity index (χ3n) is 3.02. The van der Waals surface area contributed by atoms with Crippen LogP contribution >= 0.6 is 0 Å². The van der Waals surface area contributed by atoms with Crippen molar-refractivity contribution in [2.45, 2.75) is 25.7 Å². The van der Waals surface area contributed by atoms with Gasteiger partial charge < -0.3 is 0 Å². The maximum Gasteiger partial charge on any atom is 0.123 e. The van der Waals surface area contributed by atoms with E-state index in [1.165, 1.54) is 37.0 Å². The molecule has 1 aliphatic heterocycles. The molecule has 16 heavy (non-hydrogen) atoms. The van der Waals surface area contributed by atoms with E-state index < -0.39 is 0 Å². The fraction of sp³-hybridized carbons (Fsp3) is 0.538. The molecule has 1 N–H and O–H groups in total. The molecule has 0 amide bonds. The first-order valence-electron chi connectivity index (χ1n) is 6.07. The van der Waals surface area contributed by atoms with Gasteiger partial charge in [0.15, 0.2) is 0 Å². The molecule has 0 saturated carbocycles. The molecule has 1 aromatic carbocycles. The molecule has 1 aromatic rings. The summed E-state index contributed by atoms with van der Waals surface area (Å²) in [6.07, 6.45) is 4.90. The molecule has 88 valence electrons. The lowest BCUT2D eigenvalue weighted by Gasteiger charge is -2.27. The first kappa shape index (κ1) is 11.6. The molecule has 0 aliphatic carbocycles. The van der Waals surface area contributed by atoms with Crippen molar-refractivity contribution in [3.8, 4) is 0 Å². The number of hydrogen-bond acceptors (Lipinski definition) is 2. The van der Waals surface area contributed by atoms with Crippen LogP contribution in [0, 0.1) is 5.82 Å². The minimum absolute atomic E-state index is 0.160. The van der Waals surface area contributed by atoms with Gasteiger partial charge in [0.1, 0.15) is 5.82 Å². The van der Waals surface area contributed by atoms with Crippen LogP contribution in [0.5, 0.6) is 0 Å². The van der Waals surface area contributed by atoms with E-state index in [2.05, 4.69) is 10.4 Å². The Hall–Kier alpha value is -0.930. The summed E-state index contributed by atoms with van der Waals surface area (Å²) < 4.78 is 12.7. The third-order valence-corrected chi connectivity index (χ3v) is 3.02. The van der Waals surface area contributed by atoms with Crippen molar-refractivity contribution < 1.29 is 4.39 Å². The summed E-state index contributed by atoms with van der Waals surface area (Å²) in [6, 6.07) is 6.76. The summed E-state index contributed by atoms with van der Waals surface area (Å²) in [6.45, 7) is 3.25. The van der Waals surface area contributed by atoms with Gasteiger partial charge in [-0.1, -0.05) is 18.6 Å². The average Bonchev–Trinajstić information content (AvgIpc) is 2.33. The summed E-state index contributed by atoms with van der Waals surface area (Å²) in [5.74, 6) is -0.160. The maximum atomic E-state index is 12.7. The van der Waals surface area contributed by atoms with Gasteiger partial charge in [0.2, 0.25) is 0 Å². The Kier molecular flexibility index (Phi) is 4.31. The zero-order valence-electron chi connectivity index (χ0n) is 9.58. The zero-order chi connectivity index (χ0) is 11.2. The van der Waals surface area contributed by atoms with Crippen LogP contribution in [0.4, 0.5) is 4.39 Å². The van der Waals surface area contributed by atoms with E-state index >= 15 is 0 Å². The van der Waals surface area contributed by atoms with E-state index in [1.807, 2.05) is 12.1 Å². The normalized spacial score (nSPS) is 17.6. The number of nitrogens with zero attached hydrogens (tertiary/aromatic N) is 1. The summed E-state index contributed by atoms with van der Waals surface area (Å²) in [5.41, 5.74) is 4.61. The predicted molar refractivity (Wildman–Crippen MR) is 63.5 cm³/mol. The van der Waals surface area contributed by atoms with Gasteiger partial charge in [0.25, 0.3) is 0 Å². The first-order chi connectivity index (χ1) is 7.84. The summed E-state index contributed by atoms with van der Waals surface area (Å²) >= 11 is 0. The van der Waals surface area contributed by atoms with E-state index in [0.29, 0.717) is 0 Å². The van der Waals surface area contributed by atoms with Gasteiger partial charge in [-0.2, -0.15) is 0 Å². The van der Waals surface area contributed by atoms with E-state index in [1.54, 1.807) is 0 Å². The SMILES string of the molecule is Fc1ccc(CCNN2CCCCC2)cc1. The van der Waals surface area contributed by atoms with Crippen LogP contribution in [0.1, 0.15) is 24.8 Å². The van der Waals surface area contributed by atoms with Crippen molar-refractivity contribution in [3.05, 3.63) is 35.6 Å². The molecule has 1 saturated heterocycles. The second-order valence-corrected chi connectivity index (χ2v) is 4.33. The highest BCUT2D eigenvalue weighted by Gasteiger charge is 2.08. The van der Waals surface area contributed by atoms with Gasteiger partial charge in [-0.25, -0.2) is 9.40 Å². The molecule has 0 aromatic heterocycles. The zero-order valence-corrected chi connectivity index (χ0v) is 9.58. The smallest absolute Gasteiger partial charge is 0.123 e. The largest absolute Gasteiger partial charge is 0.255 e. The quantitative estimate of drug-likeness (QED) is 0.841. The first-order valence-corrected chi connectivity index (χ1v) is 6.07. The van der Waals surface area contributed by atoms with Crippen LogP contribution in [-0.4, -0.2) is 24.6 Å². The minimum atomic E-state index is -0.160. The van der Waals surface area contributed by atoms with E-state index in [0.717, 1.165) is 26.1 Å². The van der Waals surface area contributed by atoms with Gasteiger partial charge in [0.05, 0.1) is 0 Å². The lowest BCUT2D eigenvalue weighted by molar-refractivity contribution is 0.155. The van der Waals surface area contributed by atoms with Gasteiger partial charge in [0, 0.05) is 19.6 Å². The Bertz CT molecular complexity index is 304. The van der Waals surface area contributed by atoms with Crippen molar-refractivity contribution in [3.63, 3.8) is 0 Å². The Labute approximate surface area is 96.4 Å². The van der Waals surface area contributed by atoms with Crippen LogP contribution in [0.2, 0.25) is 0 Å². The van der Waals surface area contributed by atoms with Crippen molar-refractivity contribution in [1.82, 2.24) is 10.4 Å². The minimum Gasteiger partial charge on any atom is -0.255 e. The molecule has 3 heteroatoms. The molecule has 0 atom stereocenters. The number of nitrogens with one attached hydrogen (secondary N) is 1. The van der Waals surface area contributed by atoms with E-state index in [4.69, 9.17) is 0 Å². The molecule has 0 unspecified atom stereocenters. The summed E-state index contributed by atoms with van der Waals surface area (Å²) in [7, 11) is 0. The topological polar surface area (TPSA) is 15.3 Å². The molecule has 0 bridgehead atoms.